The van der Waals surface area contributed by atoms with E-state index in [-0.39, 0.29) is 5.56 Å². The molecule has 1 aromatic heterocycles. The largest absolute Gasteiger partial charge is 0.478 e. The number of carboxylic acid groups (broad SMARTS) is 1. The first-order valence-corrected chi connectivity index (χ1v) is 7.64. The minimum absolute atomic E-state index is 0.205. The summed E-state index contributed by atoms with van der Waals surface area (Å²) in [5.41, 5.74) is 4.32. The first-order chi connectivity index (χ1) is 9.88. The maximum Gasteiger partial charge on any atom is 0.340 e. The van der Waals surface area contributed by atoms with Gasteiger partial charge in [-0.05, 0) is 38.8 Å². The van der Waals surface area contributed by atoms with Gasteiger partial charge in [-0.15, -0.1) is 11.8 Å². The first kappa shape index (κ1) is 15.5. The Morgan fingerprint density at radius 1 is 1.19 bits per heavy atom. The monoisotopic (exact) mass is 302 g/mol. The Morgan fingerprint density at radius 3 is 2.57 bits per heavy atom. The van der Waals surface area contributed by atoms with Gasteiger partial charge in [-0.3, -0.25) is 0 Å². The van der Waals surface area contributed by atoms with E-state index in [4.69, 9.17) is 0 Å². The first-order valence-electron chi connectivity index (χ1n) is 6.66. The number of benzene rings is 1. The van der Waals surface area contributed by atoms with Crippen molar-refractivity contribution in [2.75, 3.05) is 0 Å². The highest BCUT2D eigenvalue weighted by Crippen LogP contribution is 2.27. The molecule has 110 valence electrons. The van der Waals surface area contributed by atoms with E-state index in [0.29, 0.717) is 22.3 Å². The van der Waals surface area contributed by atoms with Gasteiger partial charge in [0.25, 0.3) is 0 Å². The van der Waals surface area contributed by atoms with Crippen LogP contribution in [0.2, 0.25) is 0 Å². The molecule has 5 heteroatoms. The van der Waals surface area contributed by atoms with Crippen LogP contribution < -0.4 is 0 Å². The van der Waals surface area contributed by atoms with Crippen LogP contribution in [0.4, 0.5) is 0 Å². The third-order valence-electron chi connectivity index (χ3n) is 3.25. The standard InChI is InChI=1S/C16H18N2O2S/c1-9-5-6-10(2)13(7-9)8-21-15-14(16(19)20)11(3)17-12(4)18-15/h5-7H,8H2,1-4H3,(H,19,20). The highest BCUT2D eigenvalue weighted by atomic mass is 32.2. The van der Waals surface area contributed by atoms with Crippen molar-refractivity contribution in [2.24, 2.45) is 0 Å². The lowest BCUT2D eigenvalue weighted by molar-refractivity contribution is 0.0690. The minimum Gasteiger partial charge on any atom is -0.478 e. The van der Waals surface area contributed by atoms with Crippen LogP contribution >= 0.6 is 11.8 Å². The zero-order valence-electron chi connectivity index (χ0n) is 12.6. The molecule has 2 aromatic rings. The Labute approximate surface area is 128 Å². The predicted octanol–water partition coefficient (Wildman–Crippen LogP) is 3.70. The van der Waals surface area contributed by atoms with Crippen molar-refractivity contribution in [1.29, 1.82) is 0 Å². The van der Waals surface area contributed by atoms with E-state index in [0.717, 1.165) is 0 Å². The second-order valence-corrected chi connectivity index (χ2v) is 6.02. The van der Waals surface area contributed by atoms with Crippen molar-refractivity contribution >= 4 is 17.7 Å². The molecule has 0 radical (unpaired) electrons. The molecule has 0 saturated heterocycles. The summed E-state index contributed by atoms with van der Waals surface area (Å²) >= 11 is 1.45. The molecule has 0 aliphatic rings. The number of nitrogens with zero attached hydrogens (tertiary/aromatic N) is 2. The molecule has 4 nitrogen and oxygen atoms in total. The highest BCUT2D eigenvalue weighted by molar-refractivity contribution is 7.98. The van der Waals surface area contributed by atoms with Gasteiger partial charge in [0.15, 0.2) is 0 Å². The number of hydrogen-bond acceptors (Lipinski definition) is 4. The summed E-state index contributed by atoms with van der Waals surface area (Å²) in [5.74, 6) is 0.320. The van der Waals surface area contributed by atoms with Gasteiger partial charge in [-0.2, -0.15) is 0 Å². The lowest BCUT2D eigenvalue weighted by Crippen LogP contribution is -2.08. The van der Waals surface area contributed by atoms with Gasteiger partial charge in [0.2, 0.25) is 0 Å². The SMILES string of the molecule is Cc1ccc(C)c(CSc2nc(C)nc(C)c2C(=O)O)c1. The maximum absolute atomic E-state index is 11.4. The van der Waals surface area contributed by atoms with Crippen LogP contribution in [-0.2, 0) is 5.75 Å². The molecular weight excluding hydrogens is 284 g/mol. The van der Waals surface area contributed by atoms with Crippen LogP contribution in [-0.4, -0.2) is 21.0 Å². The average molecular weight is 302 g/mol. The maximum atomic E-state index is 11.4. The molecule has 0 bridgehead atoms. The van der Waals surface area contributed by atoms with E-state index in [1.165, 1.54) is 28.5 Å². The molecule has 0 atom stereocenters. The summed E-state index contributed by atoms with van der Waals surface area (Å²) in [6.45, 7) is 7.60. The highest BCUT2D eigenvalue weighted by Gasteiger charge is 2.17. The number of aromatic carboxylic acids is 1. The summed E-state index contributed by atoms with van der Waals surface area (Å²) in [5, 5.41) is 9.88. The lowest BCUT2D eigenvalue weighted by Gasteiger charge is -2.10. The van der Waals surface area contributed by atoms with Gasteiger partial charge in [0.1, 0.15) is 16.4 Å². The molecule has 1 heterocycles. The molecule has 1 aromatic carbocycles. The Balaban J connectivity index is 2.31. The van der Waals surface area contributed by atoms with Crippen LogP contribution in [0.15, 0.2) is 23.2 Å². The smallest absolute Gasteiger partial charge is 0.340 e. The number of aryl methyl sites for hydroxylation is 4. The van der Waals surface area contributed by atoms with Crippen LogP contribution in [0.3, 0.4) is 0 Å². The molecular formula is C16H18N2O2S. The van der Waals surface area contributed by atoms with Crippen molar-refractivity contribution in [3.05, 3.63) is 52.0 Å². The fourth-order valence-corrected chi connectivity index (χ4v) is 3.31. The van der Waals surface area contributed by atoms with Crippen LogP contribution in [0, 0.1) is 27.7 Å². The van der Waals surface area contributed by atoms with E-state index in [2.05, 4.69) is 42.0 Å². The van der Waals surface area contributed by atoms with Gasteiger partial charge >= 0.3 is 5.97 Å². The predicted molar refractivity (Wildman–Crippen MR) is 83.9 cm³/mol. The lowest BCUT2D eigenvalue weighted by atomic mass is 10.1. The number of rotatable bonds is 4. The number of carboxylic acids is 1. The molecule has 0 fully saturated rings. The number of thioether (sulfide) groups is 1. The van der Waals surface area contributed by atoms with E-state index >= 15 is 0 Å². The number of aromatic nitrogens is 2. The molecule has 0 spiro atoms. The summed E-state index contributed by atoms with van der Waals surface area (Å²) in [4.78, 5) is 19.8. The van der Waals surface area contributed by atoms with Crippen molar-refractivity contribution in [2.45, 2.75) is 38.5 Å². The van der Waals surface area contributed by atoms with Gasteiger partial charge in [-0.1, -0.05) is 23.8 Å². The molecule has 2 rings (SSSR count). The summed E-state index contributed by atoms with van der Waals surface area (Å²) in [7, 11) is 0. The number of carbonyl (C=O) groups is 1. The molecule has 0 saturated carbocycles. The van der Waals surface area contributed by atoms with Crippen LogP contribution in [0.25, 0.3) is 0 Å². The van der Waals surface area contributed by atoms with Gasteiger partial charge in [0.05, 0.1) is 5.69 Å². The quantitative estimate of drug-likeness (QED) is 0.689. The number of hydrogen-bond donors (Lipinski definition) is 1. The summed E-state index contributed by atoms with van der Waals surface area (Å²) in [6, 6.07) is 6.29. The van der Waals surface area contributed by atoms with Crippen LogP contribution in [0.1, 0.15) is 38.6 Å². The Kier molecular flexibility index (Phi) is 4.63. The van der Waals surface area contributed by atoms with E-state index in [1.54, 1.807) is 13.8 Å². The van der Waals surface area contributed by atoms with E-state index < -0.39 is 5.97 Å². The van der Waals surface area contributed by atoms with Crippen molar-refractivity contribution in [1.82, 2.24) is 9.97 Å². The van der Waals surface area contributed by atoms with E-state index in [9.17, 15) is 9.90 Å². The molecule has 0 aliphatic carbocycles. The van der Waals surface area contributed by atoms with Crippen molar-refractivity contribution < 1.29 is 9.90 Å². The third-order valence-corrected chi connectivity index (χ3v) is 4.28. The van der Waals surface area contributed by atoms with Crippen LogP contribution in [0.5, 0.6) is 0 Å². The zero-order chi connectivity index (χ0) is 15.6. The third kappa shape index (κ3) is 3.61. The second-order valence-electron chi connectivity index (χ2n) is 5.06. The molecule has 0 aliphatic heterocycles. The average Bonchev–Trinajstić information content (AvgIpc) is 2.38. The minimum atomic E-state index is -0.976. The Morgan fingerprint density at radius 2 is 1.90 bits per heavy atom. The molecule has 1 N–H and O–H groups in total. The Bertz CT molecular complexity index is 699. The fraction of sp³-hybridized carbons (Fsp3) is 0.312. The second kappa shape index (κ2) is 6.26. The Hall–Kier alpha value is -1.88. The van der Waals surface area contributed by atoms with Crippen molar-refractivity contribution in [3.8, 4) is 0 Å². The molecule has 21 heavy (non-hydrogen) atoms. The van der Waals surface area contributed by atoms with Gasteiger partial charge in [0, 0.05) is 5.75 Å². The van der Waals surface area contributed by atoms with E-state index in [1.807, 2.05) is 0 Å². The van der Waals surface area contributed by atoms with Gasteiger partial charge < -0.3 is 5.11 Å². The summed E-state index contributed by atoms with van der Waals surface area (Å²) < 4.78 is 0. The van der Waals surface area contributed by atoms with Gasteiger partial charge in [-0.25, -0.2) is 14.8 Å². The molecule has 0 unspecified atom stereocenters. The van der Waals surface area contributed by atoms with Crippen molar-refractivity contribution in [3.63, 3.8) is 0 Å². The zero-order valence-corrected chi connectivity index (χ0v) is 13.4. The normalized spacial score (nSPS) is 10.7. The fourth-order valence-electron chi connectivity index (χ4n) is 2.13. The molecule has 0 amide bonds. The topological polar surface area (TPSA) is 63.1 Å². The summed E-state index contributed by atoms with van der Waals surface area (Å²) in [6.07, 6.45) is 0.